The first-order valence-corrected chi connectivity index (χ1v) is 7.26. The number of nitrogens with zero attached hydrogens (tertiary/aromatic N) is 2. The Bertz CT molecular complexity index is 547. The van der Waals surface area contributed by atoms with Crippen molar-refractivity contribution in [2.45, 2.75) is 37.6 Å². The third kappa shape index (κ3) is 2.30. The number of aromatic nitrogens is 2. The van der Waals surface area contributed by atoms with E-state index in [0.717, 1.165) is 37.1 Å². The molecule has 0 aromatic carbocycles. The number of thiophene rings is 1. The first-order valence-electron chi connectivity index (χ1n) is 6.01. The molecule has 0 spiro atoms. The maximum absolute atomic E-state index is 6.15. The van der Waals surface area contributed by atoms with E-state index >= 15 is 0 Å². The Morgan fingerprint density at radius 3 is 2.89 bits per heavy atom. The van der Waals surface area contributed by atoms with Crippen LogP contribution in [0.25, 0.3) is 0 Å². The van der Waals surface area contributed by atoms with Crippen molar-refractivity contribution < 1.29 is 4.52 Å². The molecule has 1 aliphatic rings. The van der Waals surface area contributed by atoms with Gasteiger partial charge in [0.2, 0.25) is 5.89 Å². The Morgan fingerprint density at radius 1 is 1.44 bits per heavy atom. The number of nitrogens with two attached hydrogens (primary N) is 1. The van der Waals surface area contributed by atoms with E-state index < -0.39 is 0 Å². The lowest BCUT2D eigenvalue weighted by Gasteiger charge is -2.34. The largest absolute Gasteiger partial charge is 0.339 e. The third-order valence-electron chi connectivity index (χ3n) is 3.37. The molecule has 0 aliphatic heterocycles. The molecular formula is C12H14ClN3OS. The quantitative estimate of drug-likeness (QED) is 0.937. The van der Waals surface area contributed by atoms with Crippen molar-refractivity contribution in [2.24, 2.45) is 5.73 Å². The maximum Gasteiger partial charge on any atom is 0.227 e. The highest BCUT2D eigenvalue weighted by atomic mass is 35.5. The van der Waals surface area contributed by atoms with Crippen LogP contribution in [0.2, 0.25) is 5.02 Å². The zero-order valence-electron chi connectivity index (χ0n) is 9.86. The fraction of sp³-hybridized carbons (Fsp3) is 0.500. The van der Waals surface area contributed by atoms with Crippen LogP contribution in [0.4, 0.5) is 0 Å². The fourth-order valence-corrected chi connectivity index (χ4v) is 3.13. The summed E-state index contributed by atoms with van der Waals surface area (Å²) in [4.78, 5) is 5.62. The normalized spacial score (nSPS) is 17.7. The lowest BCUT2D eigenvalue weighted by molar-refractivity contribution is 0.229. The predicted molar refractivity (Wildman–Crippen MR) is 70.8 cm³/mol. The van der Waals surface area contributed by atoms with Crippen LogP contribution in [0.5, 0.6) is 0 Å². The van der Waals surface area contributed by atoms with E-state index in [0.29, 0.717) is 11.7 Å². The number of halogens is 1. The molecule has 3 rings (SSSR count). The van der Waals surface area contributed by atoms with Gasteiger partial charge in [-0.3, -0.25) is 0 Å². The van der Waals surface area contributed by atoms with Gasteiger partial charge in [-0.05, 0) is 31.7 Å². The summed E-state index contributed by atoms with van der Waals surface area (Å²) in [7, 11) is 0. The molecule has 2 heterocycles. The molecule has 1 saturated carbocycles. The van der Waals surface area contributed by atoms with Gasteiger partial charge in [0.1, 0.15) is 0 Å². The SMILES string of the molecule is NC1(c2noc(CCc3cc(Cl)cs3)n2)CCC1. The molecule has 0 radical (unpaired) electrons. The van der Waals surface area contributed by atoms with Crippen LogP contribution in [0.3, 0.4) is 0 Å². The van der Waals surface area contributed by atoms with Gasteiger partial charge in [0.15, 0.2) is 5.82 Å². The summed E-state index contributed by atoms with van der Waals surface area (Å²) < 4.78 is 5.25. The highest BCUT2D eigenvalue weighted by Crippen LogP contribution is 2.36. The molecule has 1 aliphatic carbocycles. The van der Waals surface area contributed by atoms with Gasteiger partial charge in [-0.2, -0.15) is 4.98 Å². The molecule has 96 valence electrons. The lowest BCUT2D eigenvalue weighted by Crippen LogP contribution is -2.44. The average molecular weight is 284 g/mol. The molecule has 4 nitrogen and oxygen atoms in total. The van der Waals surface area contributed by atoms with E-state index in [4.69, 9.17) is 21.9 Å². The van der Waals surface area contributed by atoms with Crippen LogP contribution in [0.1, 0.15) is 35.9 Å². The van der Waals surface area contributed by atoms with Gasteiger partial charge in [-0.25, -0.2) is 0 Å². The summed E-state index contributed by atoms with van der Waals surface area (Å²) in [6, 6.07) is 1.97. The van der Waals surface area contributed by atoms with Crippen molar-refractivity contribution in [1.82, 2.24) is 10.1 Å². The van der Waals surface area contributed by atoms with E-state index in [9.17, 15) is 0 Å². The van der Waals surface area contributed by atoms with E-state index in [1.165, 1.54) is 4.88 Å². The van der Waals surface area contributed by atoms with E-state index in [1.54, 1.807) is 11.3 Å². The zero-order valence-corrected chi connectivity index (χ0v) is 11.4. The van der Waals surface area contributed by atoms with Crippen molar-refractivity contribution in [3.8, 4) is 0 Å². The minimum Gasteiger partial charge on any atom is -0.339 e. The van der Waals surface area contributed by atoms with Crippen molar-refractivity contribution in [3.63, 3.8) is 0 Å². The smallest absolute Gasteiger partial charge is 0.227 e. The van der Waals surface area contributed by atoms with E-state index in [1.807, 2.05) is 11.4 Å². The lowest BCUT2D eigenvalue weighted by atomic mass is 9.77. The van der Waals surface area contributed by atoms with Crippen LogP contribution in [-0.4, -0.2) is 10.1 Å². The summed E-state index contributed by atoms with van der Waals surface area (Å²) in [5, 5.41) is 6.71. The van der Waals surface area contributed by atoms with Crippen molar-refractivity contribution >= 4 is 22.9 Å². The second-order valence-electron chi connectivity index (χ2n) is 4.75. The van der Waals surface area contributed by atoms with Gasteiger partial charge >= 0.3 is 0 Å². The number of aryl methyl sites for hydroxylation is 2. The Balaban J connectivity index is 1.63. The number of rotatable bonds is 4. The van der Waals surface area contributed by atoms with Crippen LogP contribution >= 0.6 is 22.9 Å². The summed E-state index contributed by atoms with van der Waals surface area (Å²) in [5.74, 6) is 1.32. The molecule has 1 fully saturated rings. The molecule has 0 bridgehead atoms. The van der Waals surface area contributed by atoms with Gasteiger partial charge in [0, 0.05) is 16.7 Å². The summed E-state index contributed by atoms with van der Waals surface area (Å²) in [5.41, 5.74) is 5.81. The number of hydrogen-bond acceptors (Lipinski definition) is 5. The minimum atomic E-state index is -0.339. The average Bonchev–Trinajstić information content (AvgIpc) is 2.92. The zero-order chi connectivity index (χ0) is 12.6. The molecule has 0 unspecified atom stereocenters. The highest BCUT2D eigenvalue weighted by molar-refractivity contribution is 7.10. The van der Waals surface area contributed by atoms with Gasteiger partial charge in [-0.1, -0.05) is 16.8 Å². The Kier molecular flexibility index (Phi) is 3.13. The van der Waals surface area contributed by atoms with E-state index in [-0.39, 0.29) is 5.54 Å². The Labute approximate surface area is 114 Å². The highest BCUT2D eigenvalue weighted by Gasteiger charge is 2.38. The van der Waals surface area contributed by atoms with Crippen molar-refractivity contribution in [3.05, 3.63) is 33.1 Å². The second-order valence-corrected chi connectivity index (χ2v) is 6.18. The van der Waals surface area contributed by atoms with Gasteiger partial charge < -0.3 is 10.3 Å². The summed E-state index contributed by atoms with van der Waals surface area (Å²) in [6.45, 7) is 0. The van der Waals surface area contributed by atoms with Crippen LogP contribution in [0.15, 0.2) is 16.0 Å². The molecule has 0 saturated heterocycles. The summed E-state index contributed by atoms with van der Waals surface area (Å²) >= 11 is 7.53. The maximum atomic E-state index is 6.15. The van der Waals surface area contributed by atoms with Gasteiger partial charge in [0.25, 0.3) is 0 Å². The number of hydrogen-bond donors (Lipinski definition) is 1. The fourth-order valence-electron chi connectivity index (χ4n) is 2.05. The van der Waals surface area contributed by atoms with Crippen LogP contribution in [0, 0.1) is 0 Å². The topological polar surface area (TPSA) is 64.9 Å². The molecule has 0 amide bonds. The molecule has 2 aromatic heterocycles. The van der Waals surface area contributed by atoms with Crippen LogP contribution in [-0.2, 0) is 18.4 Å². The van der Waals surface area contributed by atoms with E-state index in [2.05, 4.69) is 10.1 Å². The first kappa shape index (κ1) is 12.1. The molecule has 0 atom stereocenters. The Hall–Kier alpha value is -0.910. The third-order valence-corrected chi connectivity index (χ3v) is 4.71. The minimum absolute atomic E-state index is 0.339. The molecular weight excluding hydrogens is 270 g/mol. The first-order chi connectivity index (χ1) is 8.66. The van der Waals surface area contributed by atoms with Crippen molar-refractivity contribution in [1.29, 1.82) is 0 Å². The van der Waals surface area contributed by atoms with Crippen molar-refractivity contribution in [2.75, 3.05) is 0 Å². The standard InChI is InChI=1S/C12H14ClN3OS/c13-8-6-9(18-7-8)2-3-10-15-11(16-17-10)12(14)4-1-5-12/h6-7H,1-5,14H2. The van der Waals surface area contributed by atoms with Crippen LogP contribution < -0.4 is 5.73 Å². The second kappa shape index (κ2) is 4.64. The Morgan fingerprint density at radius 2 is 2.28 bits per heavy atom. The molecule has 6 heteroatoms. The molecule has 18 heavy (non-hydrogen) atoms. The summed E-state index contributed by atoms with van der Waals surface area (Å²) in [6.07, 6.45) is 4.66. The van der Waals surface area contributed by atoms with Gasteiger partial charge in [-0.15, -0.1) is 11.3 Å². The monoisotopic (exact) mass is 283 g/mol. The molecule has 2 aromatic rings. The van der Waals surface area contributed by atoms with Gasteiger partial charge in [0.05, 0.1) is 10.6 Å². The molecule has 2 N–H and O–H groups in total. The predicted octanol–water partition coefficient (Wildman–Crippen LogP) is 2.91.